The molecule has 0 spiro atoms. The van der Waals surface area contributed by atoms with E-state index in [4.69, 9.17) is 5.73 Å². The average molecular weight is 207 g/mol. The van der Waals surface area contributed by atoms with Gasteiger partial charge in [-0.25, -0.2) is 0 Å². The molecular formula is C12H17NS. The van der Waals surface area contributed by atoms with Crippen molar-refractivity contribution in [3.05, 3.63) is 35.9 Å². The summed E-state index contributed by atoms with van der Waals surface area (Å²) in [7, 11) is 0. The van der Waals surface area contributed by atoms with Gasteiger partial charge in [0.1, 0.15) is 0 Å². The summed E-state index contributed by atoms with van der Waals surface area (Å²) in [5.74, 6) is 1.11. The zero-order valence-corrected chi connectivity index (χ0v) is 9.22. The Hall–Kier alpha value is -0.470. The molecule has 14 heavy (non-hydrogen) atoms. The highest BCUT2D eigenvalue weighted by atomic mass is 32.2. The van der Waals surface area contributed by atoms with Crippen molar-refractivity contribution >= 4 is 11.8 Å². The third-order valence-corrected chi connectivity index (χ3v) is 4.69. The molecule has 0 amide bonds. The van der Waals surface area contributed by atoms with Crippen LogP contribution in [0.1, 0.15) is 24.8 Å². The van der Waals surface area contributed by atoms with E-state index in [0.717, 1.165) is 12.3 Å². The minimum absolute atomic E-state index is 0.413. The molecule has 1 aromatic rings. The van der Waals surface area contributed by atoms with Crippen LogP contribution < -0.4 is 5.73 Å². The zero-order valence-electron chi connectivity index (χ0n) is 8.41. The maximum absolute atomic E-state index is 5.81. The maximum Gasteiger partial charge on any atom is 0.0285 e. The maximum atomic E-state index is 5.81. The highest BCUT2D eigenvalue weighted by Gasteiger charge is 2.35. The largest absolute Gasteiger partial charge is 0.329 e. The predicted molar refractivity (Wildman–Crippen MR) is 63.4 cm³/mol. The van der Waals surface area contributed by atoms with E-state index >= 15 is 0 Å². The monoisotopic (exact) mass is 207 g/mol. The second-order valence-electron chi connectivity index (χ2n) is 4.01. The van der Waals surface area contributed by atoms with Crippen molar-refractivity contribution in [2.45, 2.75) is 29.8 Å². The van der Waals surface area contributed by atoms with Crippen LogP contribution in [0.4, 0.5) is 0 Å². The highest BCUT2D eigenvalue weighted by Crippen LogP contribution is 2.44. The molecule has 2 heteroatoms. The zero-order chi connectivity index (χ0) is 9.86. The molecular weight excluding hydrogens is 190 g/mol. The van der Waals surface area contributed by atoms with Gasteiger partial charge in [-0.2, -0.15) is 0 Å². The molecule has 1 aliphatic rings. The van der Waals surface area contributed by atoms with Crippen LogP contribution >= 0.6 is 11.8 Å². The smallest absolute Gasteiger partial charge is 0.0285 e. The van der Waals surface area contributed by atoms with Gasteiger partial charge in [-0.15, -0.1) is 11.8 Å². The fraction of sp³-hybridized carbons (Fsp3) is 0.500. The Morgan fingerprint density at radius 3 is 2.43 bits per heavy atom. The van der Waals surface area contributed by atoms with Crippen LogP contribution in [0.3, 0.4) is 0 Å². The van der Waals surface area contributed by atoms with E-state index in [1.165, 1.54) is 24.8 Å². The van der Waals surface area contributed by atoms with Crippen molar-refractivity contribution in [2.75, 3.05) is 6.54 Å². The number of rotatable bonds is 4. The van der Waals surface area contributed by atoms with Gasteiger partial charge in [0.25, 0.3) is 0 Å². The number of benzene rings is 1. The third-order valence-electron chi connectivity index (χ3n) is 3.02. The lowest BCUT2D eigenvalue weighted by Crippen LogP contribution is -2.41. The molecule has 1 saturated carbocycles. The summed E-state index contributed by atoms with van der Waals surface area (Å²) in [5, 5.41) is 0. The van der Waals surface area contributed by atoms with E-state index in [9.17, 15) is 0 Å². The number of thioether (sulfide) groups is 1. The van der Waals surface area contributed by atoms with Gasteiger partial charge in [-0.05, 0) is 18.4 Å². The van der Waals surface area contributed by atoms with E-state index in [-0.39, 0.29) is 0 Å². The van der Waals surface area contributed by atoms with Gasteiger partial charge in [0, 0.05) is 17.0 Å². The van der Waals surface area contributed by atoms with Crippen LogP contribution in [0, 0.1) is 0 Å². The second kappa shape index (κ2) is 4.37. The van der Waals surface area contributed by atoms with Crippen molar-refractivity contribution in [3.8, 4) is 0 Å². The van der Waals surface area contributed by atoms with Crippen molar-refractivity contribution < 1.29 is 0 Å². The van der Waals surface area contributed by atoms with Gasteiger partial charge in [-0.3, -0.25) is 0 Å². The lowest BCUT2D eigenvalue weighted by Gasteiger charge is -2.40. The quantitative estimate of drug-likeness (QED) is 0.821. The summed E-state index contributed by atoms with van der Waals surface area (Å²) in [6.45, 7) is 0.838. The first-order chi connectivity index (χ1) is 6.85. The molecule has 0 saturated heterocycles. The Balaban J connectivity index is 1.88. The summed E-state index contributed by atoms with van der Waals surface area (Å²) < 4.78 is 0.413. The molecule has 1 nitrogen and oxygen atoms in total. The van der Waals surface area contributed by atoms with E-state index in [1.807, 2.05) is 11.8 Å². The van der Waals surface area contributed by atoms with Crippen molar-refractivity contribution in [1.29, 1.82) is 0 Å². The number of hydrogen-bond donors (Lipinski definition) is 1. The first kappa shape index (κ1) is 10.1. The van der Waals surface area contributed by atoms with E-state index in [0.29, 0.717) is 4.75 Å². The minimum atomic E-state index is 0.413. The summed E-state index contributed by atoms with van der Waals surface area (Å²) in [4.78, 5) is 0. The fourth-order valence-electron chi connectivity index (χ4n) is 1.79. The predicted octanol–water partition coefficient (Wildman–Crippen LogP) is 2.80. The molecule has 0 aromatic heterocycles. The van der Waals surface area contributed by atoms with Gasteiger partial charge in [0.05, 0.1) is 0 Å². The topological polar surface area (TPSA) is 26.0 Å². The third kappa shape index (κ3) is 2.12. The van der Waals surface area contributed by atoms with E-state index < -0.39 is 0 Å². The Bertz CT molecular complexity index is 274. The summed E-state index contributed by atoms with van der Waals surface area (Å²) in [6.07, 6.45) is 3.97. The van der Waals surface area contributed by atoms with Crippen LogP contribution in [-0.4, -0.2) is 11.3 Å². The summed E-state index contributed by atoms with van der Waals surface area (Å²) in [6, 6.07) is 10.7. The molecule has 1 aromatic carbocycles. The molecule has 1 fully saturated rings. The first-order valence-electron chi connectivity index (χ1n) is 5.23. The Morgan fingerprint density at radius 2 is 1.93 bits per heavy atom. The van der Waals surface area contributed by atoms with Crippen LogP contribution in [0.5, 0.6) is 0 Å². The van der Waals surface area contributed by atoms with E-state index in [2.05, 4.69) is 30.3 Å². The molecule has 2 N–H and O–H groups in total. The Kier molecular flexibility index (Phi) is 3.14. The van der Waals surface area contributed by atoms with Crippen molar-refractivity contribution in [2.24, 2.45) is 5.73 Å². The second-order valence-corrected chi connectivity index (χ2v) is 5.46. The molecule has 76 valence electrons. The number of nitrogens with two attached hydrogens (primary N) is 1. The Labute approximate surface area is 90.1 Å². The van der Waals surface area contributed by atoms with Gasteiger partial charge in [0.2, 0.25) is 0 Å². The van der Waals surface area contributed by atoms with Crippen LogP contribution in [0.2, 0.25) is 0 Å². The molecule has 0 radical (unpaired) electrons. The van der Waals surface area contributed by atoms with Crippen LogP contribution in [0.15, 0.2) is 30.3 Å². The van der Waals surface area contributed by atoms with Gasteiger partial charge in [-0.1, -0.05) is 36.8 Å². The standard InChI is InChI=1S/C12H17NS/c13-10-12(7-4-8-12)14-9-11-5-2-1-3-6-11/h1-3,5-6H,4,7-10,13H2. The minimum Gasteiger partial charge on any atom is -0.329 e. The summed E-state index contributed by atoms with van der Waals surface area (Å²) >= 11 is 2.04. The van der Waals surface area contributed by atoms with Crippen LogP contribution in [-0.2, 0) is 5.75 Å². The van der Waals surface area contributed by atoms with Gasteiger partial charge in [0.15, 0.2) is 0 Å². The summed E-state index contributed by atoms with van der Waals surface area (Å²) in [5.41, 5.74) is 7.23. The average Bonchev–Trinajstić information content (AvgIpc) is 2.19. The highest BCUT2D eigenvalue weighted by molar-refractivity contribution is 8.00. The first-order valence-corrected chi connectivity index (χ1v) is 6.21. The SMILES string of the molecule is NCC1(SCc2ccccc2)CCC1. The molecule has 2 rings (SSSR count). The lowest BCUT2D eigenvalue weighted by molar-refractivity contribution is 0.371. The van der Waals surface area contributed by atoms with Crippen LogP contribution in [0.25, 0.3) is 0 Å². The molecule has 0 bridgehead atoms. The van der Waals surface area contributed by atoms with Gasteiger partial charge >= 0.3 is 0 Å². The molecule has 0 heterocycles. The molecule has 0 unspecified atom stereocenters. The fourth-order valence-corrected chi connectivity index (χ4v) is 3.15. The van der Waals surface area contributed by atoms with Crippen molar-refractivity contribution in [1.82, 2.24) is 0 Å². The molecule has 1 aliphatic carbocycles. The molecule has 0 aliphatic heterocycles. The molecule has 0 atom stereocenters. The number of hydrogen-bond acceptors (Lipinski definition) is 2. The van der Waals surface area contributed by atoms with Gasteiger partial charge < -0.3 is 5.73 Å². The van der Waals surface area contributed by atoms with Crippen molar-refractivity contribution in [3.63, 3.8) is 0 Å². The lowest BCUT2D eigenvalue weighted by atomic mass is 9.84. The normalized spacial score (nSPS) is 18.9. The Morgan fingerprint density at radius 1 is 1.21 bits per heavy atom. The van der Waals surface area contributed by atoms with E-state index in [1.54, 1.807) is 0 Å².